The molecule has 15 aromatic rings. The van der Waals surface area contributed by atoms with Gasteiger partial charge in [0.05, 0.1) is 33.5 Å². The van der Waals surface area contributed by atoms with Crippen LogP contribution < -0.4 is 4.90 Å². The summed E-state index contributed by atoms with van der Waals surface area (Å²) in [6.45, 7) is 0. The Balaban J connectivity index is 0.866. The van der Waals surface area contributed by atoms with Crippen LogP contribution in [0.5, 0.6) is 0 Å². The third-order valence-corrected chi connectivity index (χ3v) is 17.4. The van der Waals surface area contributed by atoms with Crippen molar-refractivity contribution in [3.05, 3.63) is 313 Å². The van der Waals surface area contributed by atoms with Crippen LogP contribution >= 0.6 is 0 Å². The summed E-state index contributed by atoms with van der Waals surface area (Å²) in [5, 5.41) is 7.14. The van der Waals surface area contributed by atoms with E-state index in [-0.39, 0.29) is 0 Å². The highest BCUT2D eigenvalue weighted by molar-refractivity contribution is 6.14. The van der Waals surface area contributed by atoms with Crippen LogP contribution in [0.2, 0.25) is 0 Å². The lowest BCUT2D eigenvalue weighted by molar-refractivity contribution is 0.670. The molecule has 1 unspecified atom stereocenters. The summed E-state index contributed by atoms with van der Waals surface area (Å²) in [7, 11) is 0. The van der Waals surface area contributed by atoms with Crippen molar-refractivity contribution in [3.8, 4) is 61.3 Å². The van der Waals surface area contributed by atoms with E-state index in [0.29, 0.717) is 0 Å². The predicted molar refractivity (Wildman–Crippen MR) is 333 cm³/mol. The number of hydrogen-bond donors (Lipinski definition) is 0. The molecule has 17 rings (SSSR count). The first-order chi connectivity index (χ1) is 39.7. The summed E-state index contributed by atoms with van der Waals surface area (Å²) in [4.78, 5) is 2.47. The normalized spacial score (nSPS) is 14.1. The number of hydrogen-bond acceptors (Lipinski definition) is 2. The van der Waals surface area contributed by atoms with E-state index in [2.05, 4.69) is 295 Å². The number of aromatic nitrogens is 1. The largest absolute Gasteiger partial charge is 0.455 e. The van der Waals surface area contributed by atoms with Crippen LogP contribution in [0.25, 0.3) is 116 Å². The molecule has 2 aliphatic rings. The van der Waals surface area contributed by atoms with Crippen molar-refractivity contribution in [3.63, 3.8) is 0 Å². The fraction of sp³-hybridized carbons (Fsp3) is 0.0130. The van der Waals surface area contributed by atoms with Crippen LogP contribution in [0.3, 0.4) is 0 Å². The van der Waals surface area contributed by atoms with Gasteiger partial charge in [0.1, 0.15) is 11.2 Å². The molecule has 0 amide bonds. The molecule has 1 atom stereocenters. The summed E-state index contributed by atoms with van der Waals surface area (Å²) in [5.41, 5.74) is 25.2. The van der Waals surface area contributed by atoms with Crippen molar-refractivity contribution in [1.82, 2.24) is 4.57 Å². The second-order valence-corrected chi connectivity index (χ2v) is 21.4. The van der Waals surface area contributed by atoms with Crippen molar-refractivity contribution in [1.29, 1.82) is 0 Å². The van der Waals surface area contributed by atoms with E-state index < -0.39 is 5.41 Å². The first kappa shape index (κ1) is 44.6. The number of benzene rings is 13. The molecule has 0 radical (unpaired) electrons. The van der Waals surface area contributed by atoms with Crippen molar-refractivity contribution >= 4 is 71.6 Å². The Labute approximate surface area is 463 Å². The van der Waals surface area contributed by atoms with Gasteiger partial charge in [-0.25, -0.2) is 0 Å². The van der Waals surface area contributed by atoms with Crippen molar-refractivity contribution in [2.45, 2.75) is 5.41 Å². The highest BCUT2D eigenvalue weighted by Gasteiger charge is 2.51. The molecule has 3 nitrogen and oxygen atoms in total. The van der Waals surface area contributed by atoms with Crippen LogP contribution in [0, 0.1) is 0 Å². The van der Waals surface area contributed by atoms with Crippen molar-refractivity contribution in [2.75, 3.05) is 4.90 Å². The number of anilines is 3. The quantitative estimate of drug-likeness (QED) is 0.159. The maximum Gasteiger partial charge on any atom is 0.143 e. The van der Waals surface area contributed by atoms with Gasteiger partial charge in [0.25, 0.3) is 0 Å². The Morgan fingerprint density at radius 2 is 0.887 bits per heavy atom. The Kier molecular flexibility index (Phi) is 9.63. The van der Waals surface area contributed by atoms with Crippen LogP contribution in [0.15, 0.2) is 296 Å². The van der Waals surface area contributed by atoms with Gasteiger partial charge in [-0.05, 0) is 127 Å². The molecule has 2 aromatic heterocycles. The lowest BCUT2D eigenvalue weighted by Gasteiger charge is -2.39. The molecular formula is C77H48N2O. The average molecular weight is 1020 g/mol. The van der Waals surface area contributed by atoms with E-state index in [1.54, 1.807) is 0 Å². The van der Waals surface area contributed by atoms with Gasteiger partial charge >= 0.3 is 0 Å². The standard InChI is InChI=1S/C77H48N2O/c1-2-19-49(20-3-1)51-21-16-22-52(47-51)56-23-7-12-35-70(56)78(54-42-39-50(40-43-54)57-29-17-31-65-63-28-9-15-38-74(63)80-76(57)65)72-46-45-55(58-24-4-5-26-61(58)72)53-41-44-60-59-25-6-10-32-66(59)77(69(60)48-53)67-33-11-14-37-73(67)79-71-36-13-8-27-62(71)64-30-18-34-68(77)75(64)79/h1-48H. The fourth-order valence-electron chi connectivity index (χ4n) is 14.0. The third-order valence-electron chi connectivity index (χ3n) is 17.4. The number of para-hydroxylation sites is 6. The molecule has 1 aliphatic heterocycles. The first-order valence-corrected chi connectivity index (χ1v) is 27.7. The topological polar surface area (TPSA) is 21.3 Å². The Morgan fingerprint density at radius 1 is 0.300 bits per heavy atom. The zero-order valence-corrected chi connectivity index (χ0v) is 43.5. The molecule has 0 fully saturated rings. The molecule has 80 heavy (non-hydrogen) atoms. The van der Waals surface area contributed by atoms with Gasteiger partial charge in [-0.3, -0.25) is 0 Å². The molecule has 3 heterocycles. The number of nitrogens with zero attached hydrogens (tertiary/aromatic N) is 2. The van der Waals surface area contributed by atoms with Crippen molar-refractivity contribution in [2.24, 2.45) is 0 Å². The minimum absolute atomic E-state index is 0.557. The van der Waals surface area contributed by atoms with E-state index in [4.69, 9.17) is 4.42 Å². The molecule has 13 aromatic carbocycles. The van der Waals surface area contributed by atoms with E-state index >= 15 is 0 Å². The van der Waals surface area contributed by atoms with Crippen LogP contribution in [-0.4, -0.2) is 4.57 Å². The van der Waals surface area contributed by atoms with Gasteiger partial charge in [0.2, 0.25) is 0 Å². The summed E-state index contributed by atoms with van der Waals surface area (Å²) >= 11 is 0. The number of rotatable bonds is 7. The van der Waals surface area contributed by atoms with E-state index in [0.717, 1.165) is 66.6 Å². The zero-order valence-electron chi connectivity index (χ0n) is 43.5. The lowest BCUT2D eigenvalue weighted by Crippen LogP contribution is -2.33. The molecule has 0 bridgehead atoms. The smallest absolute Gasteiger partial charge is 0.143 e. The van der Waals surface area contributed by atoms with Gasteiger partial charge in [-0.15, -0.1) is 0 Å². The van der Waals surface area contributed by atoms with E-state index in [9.17, 15) is 0 Å². The maximum atomic E-state index is 6.57. The number of furan rings is 1. The zero-order chi connectivity index (χ0) is 52.5. The van der Waals surface area contributed by atoms with E-state index in [1.807, 2.05) is 6.07 Å². The summed E-state index contributed by atoms with van der Waals surface area (Å²) in [6, 6.07) is 107. The average Bonchev–Trinajstić information content (AvgIpc) is 4.35. The third kappa shape index (κ3) is 6.31. The fourth-order valence-corrected chi connectivity index (χ4v) is 14.0. The highest BCUT2D eigenvalue weighted by Crippen LogP contribution is 2.62. The Morgan fingerprint density at radius 3 is 1.77 bits per heavy atom. The molecule has 372 valence electrons. The number of fused-ring (bicyclic) bond motifs is 16. The Hall–Kier alpha value is -10.5. The minimum atomic E-state index is -0.557. The van der Waals surface area contributed by atoms with Gasteiger partial charge in [-0.2, -0.15) is 0 Å². The van der Waals surface area contributed by atoms with Gasteiger partial charge in [0.15, 0.2) is 0 Å². The van der Waals surface area contributed by atoms with Gasteiger partial charge in [-0.1, -0.05) is 237 Å². The van der Waals surface area contributed by atoms with Crippen LogP contribution in [0.4, 0.5) is 17.1 Å². The molecule has 1 spiro atoms. The molecule has 0 saturated heterocycles. The first-order valence-electron chi connectivity index (χ1n) is 27.7. The maximum absolute atomic E-state index is 6.57. The Bertz CT molecular complexity index is 5020. The van der Waals surface area contributed by atoms with Crippen LogP contribution in [-0.2, 0) is 5.41 Å². The predicted octanol–water partition coefficient (Wildman–Crippen LogP) is 20.7. The minimum Gasteiger partial charge on any atom is -0.455 e. The lowest BCUT2D eigenvalue weighted by atomic mass is 9.65. The molecule has 1 aliphatic carbocycles. The summed E-state index contributed by atoms with van der Waals surface area (Å²) in [5.74, 6) is 0. The highest BCUT2D eigenvalue weighted by atomic mass is 16.3. The molecule has 0 saturated carbocycles. The molecular weight excluding hydrogens is 969 g/mol. The second-order valence-electron chi connectivity index (χ2n) is 21.4. The monoisotopic (exact) mass is 1020 g/mol. The molecule has 0 N–H and O–H groups in total. The SMILES string of the molecule is c1ccc(-c2cccc(-c3ccccc3N(c3ccc(-c4cccc5c4oc4ccccc45)cc3)c3ccc(-c4ccc5c(c4)C4(c6ccccc6-5)c5ccccc5-n5c6ccccc6c6cccc4c65)c4ccccc34)c2)cc1. The van der Waals surface area contributed by atoms with Crippen LogP contribution in [0.1, 0.15) is 22.3 Å². The van der Waals surface area contributed by atoms with Gasteiger partial charge < -0.3 is 13.9 Å². The second kappa shape index (κ2) is 17.3. The molecule has 3 heteroatoms. The summed E-state index contributed by atoms with van der Waals surface area (Å²) in [6.07, 6.45) is 0. The van der Waals surface area contributed by atoms with Crippen molar-refractivity contribution < 1.29 is 4.42 Å². The summed E-state index contributed by atoms with van der Waals surface area (Å²) < 4.78 is 9.10. The van der Waals surface area contributed by atoms with E-state index in [1.165, 1.54) is 88.5 Å². The van der Waals surface area contributed by atoms with Gasteiger partial charge in [0, 0.05) is 43.7 Å².